The minimum Gasteiger partial charge on any atom is -0.494 e. The van der Waals surface area contributed by atoms with Gasteiger partial charge in [0.25, 0.3) is 10.0 Å². The zero-order chi connectivity index (χ0) is 24.4. The van der Waals surface area contributed by atoms with E-state index in [4.69, 9.17) is 0 Å². The first-order valence-corrected chi connectivity index (χ1v) is 12.2. The summed E-state index contributed by atoms with van der Waals surface area (Å²) in [5.41, 5.74) is 2.91. The highest BCUT2D eigenvalue weighted by molar-refractivity contribution is 7.92. The van der Waals surface area contributed by atoms with Crippen LogP contribution in [-0.4, -0.2) is 24.2 Å². The van der Waals surface area contributed by atoms with Crippen LogP contribution < -0.4 is 4.72 Å². The average molecular weight is 486 g/mol. The van der Waals surface area contributed by atoms with Crippen molar-refractivity contribution in [3.05, 3.63) is 120 Å². The highest BCUT2D eigenvalue weighted by Crippen LogP contribution is 2.33. The fourth-order valence-corrected chi connectivity index (χ4v) is 4.87. The zero-order valence-corrected chi connectivity index (χ0v) is 19.1. The van der Waals surface area contributed by atoms with Crippen LogP contribution in [0.1, 0.15) is 11.1 Å². The lowest BCUT2D eigenvalue weighted by Gasteiger charge is -2.10. The number of halogens is 1. The number of aromatic amines is 1. The Labute approximate surface area is 201 Å². The molecule has 0 aliphatic rings. The molecule has 4 aromatic carbocycles. The summed E-state index contributed by atoms with van der Waals surface area (Å²) in [6.45, 7) is 0. The van der Waals surface area contributed by atoms with Gasteiger partial charge in [0.2, 0.25) is 0 Å². The number of fused-ring (bicyclic) bond motifs is 1. The summed E-state index contributed by atoms with van der Waals surface area (Å²) in [7, 11) is -3.89. The normalized spacial score (nSPS) is 12.1. The number of aromatic hydroxyl groups is 1. The molecular formula is C27H20FN3O3S. The second kappa shape index (κ2) is 9.08. The molecule has 0 unspecified atom stereocenters. The maximum absolute atomic E-state index is 13.4. The van der Waals surface area contributed by atoms with Gasteiger partial charge in [-0.2, -0.15) is 0 Å². The molecule has 5 aromatic rings. The van der Waals surface area contributed by atoms with Crippen molar-refractivity contribution < 1.29 is 17.9 Å². The molecule has 35 heavy (non-hydrogen) atoms. The maximum atomic E-state index is 13.4. The van der Waals surface area contributed by atoms with E-state index in [1.165, 1.54) is 36.4 Å². The van der Waals surface area contributed by atoms with Gasteiger partial charge in [-0.25, -0.2) is 17.8 Å². The number of nitrogens with zero attached hydrogens (tertiary/aromatic N) is 1. The summed E-state index contributed by atoms with van der Waals surface area (Å²) < 4.78 is 42.2. The number of hydrogen-bond acceptors (Lipinski definition) is 4. The molecular weight excluding hydrogens is 465 g/mol. The van der Waals surface area contributed by atoms with Gasteiger partial charge in [-0.1, -0.05) is 48.5 Å². The van der Waals surface area contributed by atoms with Crippen molar-refractivity contribution >= 4 is 38.0 Å². The fourth-order valence-electron chi connectivity index (χ4n) is 3.79. The monoisotopic (exact) mass is 485 g/mol. The Morgan fingerprint density at radius 2 is 1.51 bits per heavy atom. The summed E-state index contributed by atoms with van der Waals surface area (Å²) in [4.78, 5) is 7.62. The van der Waals surface area contributed by atoms with Crippen LogP contribution in [0.25, 0.3) is 10.9 Å². The van der Waals surface area contributed by atoms with Crippen molar-refractivity contribution in [1.82, 2.24) is 4.98 Å². The maximum Gasteiger partial charge on any atom is 0.261 e. The Morgan fingerprint density at radius 1 is 0.857 bits per heavy atom. The van der Waals surface area contributed by atoms with Gasteiger partial charge in [0.15, 0.2) is 5.88 Å². The van der Waals surface area contributed by atoms with Crippen LogP contribution >= 0.6 is 0 Å². The van der Waals surface area contributed by atoms with Crippen molar-refractivity contribution in [2.45, 2.75) is 4.90 Å². The van der Waals surface area contributed by atoms with Gasteiger partial charge in [-0.05, 0) is 54.6 Å². The quantitative estimate of drug-likeness (QED) is 0.258. The molecule has 6 nitrogen and oxygen atoms in total. The number of nitrogens with one attached hydrogen (secondary N) is 2. The Morgan fingerprint density at radius 3 is 2.20 bits per heavy atom. The first-order chi connectivity index (χ1) is 16.9. The van der Waals surface area contributed by atoms with Crippen LogP contribution in [0.5, 0.6) is 5.88 Å². The van der Waals surface area contributed by atoms with Gasteiger partial charge in [-0.15, -0.1) is 0 Å². The number of hydrogen-bond donors (Lipinski definition) is 3. The number of aliphatic imine (C=N–C) groups is 1. The van der Waals surface area contributed by atoms with E-state index < -0.39 is 10.0 Å². The van der Waals surface area contributed by atoms with E-state index in [1.54, 1.807) is 36.4 Å². The second-order valence-electron chi connectivity index (χ2n) is 7.83. The third kappa shape index (κ3) is 4.64. The Balaban J connectivity index is 1.67. The first kappa shape index (κ1) is 22.4. The Kier molecular flexibility index (Phi) is 5.80. The fraction of sp³-hybridized carbons (Fsp3) is 0. The van der Waals surface area contributed by atoms with Crippen LogP contribution in [0.2, 0.25) is 0 Å². The summed E-state index contributed by atoms with van der Waals surface area (Å²) in [5.74, 6) is -0.545. The predicted octanol–water partition coefficient (Wildman–Crippen LogP) is 5.98. The van der Waals surface area contributed by atoms with Crippen molar-refractivity contribution in [1.29, 1.82) is 0 Å². The van der Waals surface area contributed by atoms with Gasteiger partial charge in [0, 0.05) is 22.2 Å². The van der Waals surface area contributed by atoms with Crippen molar-refractivity contribution in [2.24, 2.45) is 4.99 Å². The molecule has 0 radical (unpaired) electrons. The standard InChI is InChI=1S/C27H20FN3O3S/c28-19-11-13-20(14-12-19)29-26(18-7-3-1-4-8-18)25-23-17-22(15-16-24(23)30-27(25)32)35(33,34)31-21-9-5-2-6-10-21/h1-17,30-32H. The van der Waals surface area contributed by atoms with Crippen molar-refractivity contribution in [3.8, 4) is 5.88 Å². The largest absolute Gasteiger partial charge is 0.494 e. The first-order valence-electron chi connectivity index (χ1n) is 10.7. The van der Waals surface area contributed by atoms with Crippen LogP contribution in [0.3, 0.4) is 0 Å². The highest BCUT2D eigenvalue weighted by atomic mass is 32.2. The minimum absolute atomic E-state index is 0.0308. The van der Waals surface area contributed by atoms with Crippen LogP contribution in [0.15, 0.2) is 113 Å². The Hall–Kier alpha value is -4.43. The average Bonchev–Trinajstić information content (AvgIpc) is 3.19. The van der Waals surface area contributed by atoms with Crippen LogP contribution in [0, 0.1) is 5.82 Å². The summed E-state index contributed by atoms with van der Waals surface area (Å²) in [6.07, 6.45) is 0. The van der Waals surface area contributed by atoms with Gasteiger partial charge in [-0.3, -0.25) is 4.72 Å². The zero-order valence-electron chi connectivity index (χ0n) is 18.3. The predicted molar refractivity (Wildman–Crippen MR) is 135 cm³/mol. The topological polar surface area (TPSA) is 94.5 Å². The smallest absolute Gasteiger partial charge is 0.261 e. The lowest BCUT2D eigenvalue weighted by molar-refractivity contribution is 0.457. The number of anilines is 1. The van der Waals surface area contributed by atoms with Crippen LogP contribution in [0.4, 0.5) is 15.8 Å². The van der Waals surface area contributed by atoms with Gasteiger partial charge >= 0.3 is 0 Å². The minimum atomic E-state index is -3.89. The molecule has 0 bridgehead atoms. The highest BCUT2D eigenvalue weighted by Gasteiger charge is 2.22. The number of aromatic nitrogens is 1. The van der Waals surface area contributed by atoms with E-state index in [2.05, 4.69) is 14.7 Å². The van der Waals surface area contributed by atoms with Crippen molar-refractivity contribution in [3.63, 3.8) is 0 Å². The molecule has 1 heterocycles. The Bertz CT molecular complexity index is 1630. The van der Waals surface area contributed by atoms with Gasteiger partial charge in [0.1, 0.15) is 5.82 Å². The summed E-state index contributed by atoms with van der Waals surface area (Å²) in [5, 5.41) is 11.3. The molecule has 0 amide bonds. The molecule has 0 aliphatic carbocycles. The van der Waals surface area contributed by atoms with E-state index >= 15 is 0 Å². The third-order valence-electron chi connectivity index (χ3n) is 5.44. The number of rotatable bonds is 6. The second-order valence-corrected chi connectivity index (χ2v) is 9.51. The molecule has 0 saturated heterocycles. The molecule has 0 atom stereocenters. The van der Waals surface area contributed by atoms with Gasteiger partial charge < -0.3 is 10.1 Å². The van der Waals surface area contributed by atoms with Crippen LogP contribution in [-0.2, 0) is 10.0 Å². The molecule has 5 rings (SSSR count). The van der Waals surface area contributed by atoms with E-state index in [-0.39, 0.29) is 16.6 Å². The van der Waals surface area contributed by atoms with E-state index in [9.17, 15) is 17.9 Å². The number of sulfonamides is 1. The van der Waals surface area contributed by atoms with E-state index in [1.807, 2.05) is 30.3 Å². The lowest BCUT2D eigenvalue weighted by atomic mass is 10.0. The SMILES string of the molecule is O=S(=O)(Nc1ccccc1)c1ccc2[nH]c(O)c(C(=Nc3ccc(F)cc3)c3ccccc3)c2c1. The molecule has 174 valence electrons. The molecule has 3 N–H and O–H groups in total. The van der Waals surface area contributed by atoms with Crippen molar-refractivity contribution in [2.75, 3.05) is 4.72 Å². The molecule has 8 heteroatoms. The number of benzene rings is 4. The molecule has 0 saturated carbocycles. The van der Waals surface area contributed by atoms with Gasteiger partial charge in [0.05, 0.1) is 21.9 Å². The molecule has 0 spiro atoms. The third-order valence-corrected chi connectivity index (χ3v) is 6.82. The molecule has 0 aliphatic heterocycles. The lowest BCUT2D eigenvalue weighted by Crippen LogP contribution is -2.12. The van der Waals surface area contributed by atoms with E-state index in [0.29, 0.717) is 39.1 Å². The summed E-state index contributed by atoms with van der Waals surface area (Å²) in [6, 6.07) is 28.0. The molecule has 0 fully saturated rings. The van der Waals surface area contributed by atoms with E-state index in [0.717, 1.165) is 0 Å². The molecule has 1 aromatic heterocycles. The summed E-state index contributed by atoms with van der Waals surface area (Å²) >= 11 is 0. The number of para-hydroxylation sites is 1. The number of H-pyrrole nitrogens is 1.